The minimum absolute atomic E-state index is 0.245. The Morgan fingerprint density at radius 3 is 2.40 bits per heavy atom. The van der Waals surface area contributed by atoms with Crippen molar-refractivity contribution in [3.63, 3.8) is 0 Å². The summed E-state index contributed by atoms with van der Waals surface area (Å²) >= 11 is 3.36. The van der Waals surface area contributed by atoms with Crippen LogP contribution in [0.4, 0.5) is 5.82 Å². The molecule has 0 saturated carbocycles. The molecule has 0 saturated heterocycles. The van der Waals surface area contributed by atoms with Crippen molar-refractivity contribution in [3.05, 3.63) is 40.8 Å². The highest BCUT2D eigenvalue weighted by Gasteiger charge is 2.15. The number of hydrogen-bond donors (Lipinski definition) is 2. The maximum absolute atomic E-state index is 11.6. The molecule has 0 amide bonds. The third-order valence-corrected chi connectivity index (χ3v) is 4.20. The van der Waals surface area contributed by atoms with Crippen LogP contribution in [0, 0.1) is 6.92 Å². The van der Waals surface area contributed by atoms with E-state index >= 15 is 0 Å². The van der Waals surface area contributed by atoms with Crippen LogP contribution in [-0.2, 0) is 10.2 Å². The van der Waals surface area contributed by atoms with Gasteiger partial charge < -0.3 is 0 Å². The van der Waals surface area contributed by atoms with Crippen LogP contribution in [0.25, 0.3) is 11.1 Å². The van der Waals surface area contributed by atoms with Crippen molar-refractivity contribution in [1.29, 1.82) is 0 Å². The van der Waals surface area contributed by atoms with Crippen molar-refractivity contribution in [2.75, 3.05) is 11.8 Å². The first-order valence-electron chi connectivity index (χ1n) is 5.72. The van der Waals surface area contributed by atoms with Gasteiger partial charge in [-0.1, -0.05) is 28.1 Å². The third kappa shape index (κ3) is 3.33. The predicted octanol–water partition coefficient (Wildman–Crippen LogP) is 2.09. The molecular formula is C12H13BrN4O2S. The Morgan fingerprint density at radius 2 is 1.80 bits per heavy atom. The first kappa shape index (κ1) is 14.9. The van der Waals surface area contributed by atoms with E-state index in [9.17, 15) is 8.42 Å². The summed E-state index contributed by atoms with van der Waals surface area (Å²) in [4.78, 5) is 8.13. The maximum Gasteiger partial charge on any atom is 0.300 e. The minimum Gasteiger partial charge on any atom is -0.254 e. The highest BCUT2D eigenvalue weighted by molar-refractivity contribution is 9.10. The number of anilines is 1. The van der Waals surface area contributed by atoms with E-state index in [0.717, 1.165) is 10.0 Å². The Morgan fingerprint density at radius 1 is 1.15 bits per heavy atom. The van der Waals surface area contributed by atoms with Crippen LogP contribution >= 0.6 is 15.9 Å². The lowest BCUT2D eigenvalue weighted by Gasteiger charge is -2.12. The second-order valence-corrected chi connectivity index (χ2v) is 6.53. The highest BCUT2D eigenvalue weighted by Crippen LogP contribution is 2.29. The number of hydrogen-bond acceptors (Lipinski definition) is 4. The largest absolute Gasteiger partial charge is 0.300 e. The van der Waals surface area contributed by atoms with Crippen molar-refractivity contribution in [2.24, 2.45) is 0 Å². The quantitative estimate of drug-likeness (QED) is 0.878. The zero-order chi connectivity index (χ0) is 14.8. The molecule has 6 nitrogen and oxygen atoms in total. The molecule has 0 bridgehead atoms. The van der Waals surface area contributed by atoms with Crippen LogP contribution in [0.15, 0.2) is 35.1 Å². The Balaban J connectivity index is 2.54. The Labute approximate surface area is 126 Å². The van der Waals surface area contributed by atoms with Gasteiger partial charge in [-0.15, -0.1) is 0 Å². The molecule has 106 valence electrons. The highest BCUT2D eigenvalue weighted by atomic mass is 79.9. The molecule has 1 heterocycles. The number of benzene rings is 1. The van der Waals surface area contributed by atoms with E-state index in [0.29, 0.717) is 11.3 Å². The molecule has 1 aromatic carbocycles. The van der Waals surface area contributed by atoms with E-state index in [1.165, 1.54) is 13.4 Å². The lowest BCUT2D eigenvalue weighted by atomic mass is 10.1. The summed E-state index contributed by atoms with van der Waals surface area (Å²) < 4.78 is 28.8. The molecule has 0 fully saturated rings. The molecule has 2 N–H and O–H groups in total. The van der Waals surface area contributed by atoms with Gasteiger partial charge in [0.1, 0.15) is 6.33 Å². The molecule has 0 spiro atoms. The number of nitrogens with zero attached hydrogens (tertiary/aromatic N) is 2. The normalized spacial score (nSPS) is 11.3. The Bertz CT molecular complexity index is 717. The molecule has 0 radical (unpaired) electrons. The van der Waals surface area contributed by atoms with Gasteiger partial charge in [-0.3, -0.25) is 4.72 Å². The van der Waals surface area contributed by atoms with Crippen LogP contribution < -0.4 is 9.44 Å². The van der Waals surface area contributed by atoms with Crippen LogP contribution in [0.3, 0.4) is 0 Å². The molecule has 0 atom stereocenters. The molecule has 20 heavy (non-hydrogen) atoms. The van der Waals surface area contributed by atoms with Crippen molar-refractivity contribution in [1.82, 2.24) is 14.7 Å². The van der Waals surface area contributed by atoms with Gasteiger partial charge in [0.15, 0.2) is 5.82 Å². The zero-order valence-electron chi connectivity index (χ0n) is 10.9. The Kier molecular flexibility index (Phi) is 4.36. The number of rotatable bonds is 4. The first-order chi connectivity index (χ1) is 9.43. The predicted molar refractivity (Wildman–Crippen MR) is 81.5 cm³/mol. The van der Waals surface area contributed by atoms with Crippen molar-refractivity contribution < 1.29 is 8.42 Å². The van der Waals surface area contributed by atoms with Crippen LogP contribution in [0.5, 0.6) is 0 Å². The van der Waals surface area contributed by atoms with Gasteiger partial charge >= 0.3 is 0 Å². The molecule has 8 heteroatoms. The van der Waals surface area contributed by atoms with Gasteiger partial charge in [0.2, 0.25) is 0 Å². The number of aromatic nitrogens is 2. The minimum atomic E-state index is -3.63. The number of halogens is 1. The molecular weight excluding hydrogens is 344 g/mol. The summed E-state index contributed by atoms with van der Waals surface area (Å²) in [5, 5.41) is 0. The van der Waals surface area contributed by atoms with E-state index < -0.39 is 10.2 Å². The van der Waals surface area contributed by atoms with Crippen LogP contribution in [0.2, 0.25) is 0 Å². The molecule has 0 aliphatic heterocycles. The first-order valence-corrected chi connectivity index (χ1v) is 7.99. The van der Waals surface area contributed by atoms with E-state index in [4.69, 9.17) is 0 Å². The number of aryl methyl sites for hydroxylation is 1. The SMILES string of the molecule is CNS(=O)(=O)Nc1ncnc(C)c1-c1ccc(Br)cc1. The van der Waals surface area contributed by atoms with Gasteiger partial charge in [-0.2, -0.15) is 8.42 Å². The third-order valence-electron chi connectivity index (χ3n) is 2.67. The van der Waals surface area contributed by atoms with Crippen molar-refractivity contribution in [2.45, 2.75) is 6.92 Å². The van der Waals surface area contributed by atoms with E-state index in [2.05, 4.69) is 35.3 Å². The van der Waals surface area contributed by atoms with Crippen molar-refractivity contribution >= 4 is 32.0 Å². The molecule has 0 aliphatic rings. The monoisotopic (exact) mass is 356 g/mol. The topological polar surface area (TPSA) is 84.0 Å². The molecule has 0 aliphatic carbocycles. The smallest absolute Gasteiger partial charge is 0.254 e. The van der Waals surface area contributed by atoms with Gasteiger partial charge in [0.25, 0.3) is 10.2 Å². The summed E-state index contributed by atoms with van der Waals surface area (Å²) in [5.74, 6) is 0.245. The second-order valence-electron chi connectivity index (χ2n) is 4.00. The molecule has 2 rings (SSSR count). The molecule has 2 aromatic rings. The van der Waals surface area contributed by atoms with E-state index in [1.54, 1.807) is 6.92 Å². The van der Waals surface area contributed by atoms with E-state index in [1.807, 2.05) is 24.3 Å². The standard InChI is InChI=1S/C12H13BrN4O2S/c1-8-11(9-3-5-10(13)6-4-9)12(16-7-15-8)17-20(18,19)14-2/h3-7,14H,1-2H3,(H,15,16,17). The number of nitrogens with one attached hydrogen (secondary N) is 2. The van der Waals surface area contributed by atoms with E-state index in [-0.39, 0.29) is 5.82 Å². The van der Waals surface area contributed by atoms with Crippen LogP contribution in [-0.4, -0.2) is 25.4 Å². The fourth-order valence-corrected chi connectivity index (χ4v) is 2.47. The van der Waals surface area contributed by atoms with Gasteiger partial charge in [0.05, 0.1) is 5.69 Å². The lowest BCUT2D eigenvalue weighted by molar-refractivity contribution is 0.593. The average Bonchev–Trinajstić information content (AvgIpc) is 2.40. The fourth-order valence-electron chi connectivity index (χ4n) is 1.69. The summed E-state index contributed by atoms with van der Waals surface area (Å²) in [7, 11) is -2.30. The molecule has 0 unspecified atom stereocenters. The van der Waals surface area contributed by atoms with Gasteiger partial charge in [-0.05, 0) is 24.6 Å². The summed E-state index contributed by atoms with van der Waals surface area (Å²) in [6, 6.07) is 7.48. The fraction of sp³-hybridized carbons (Fsp3) is 0.167. The van der Waals surface area contributed by atoms with Gasteiger partial charge in [-0.25, -0.2) is 14.7 Å². The maximum atomic E-state index is 11.6. The summed E-state index contributed by atoms with van der Waals surface area (Å²) in [6.07, 6.45) is 1.32. The zero-order valence-corrected chi connectivity index (χ0v) is 13.3. The van der Waals surface area contributed by atoms with Crippen molar-refractivity contribution in [3.8, 4) is 11.1 Å². The summed E-state index contributed by atoms with van der Waals surface area (Å²) in [6.45, 7) is 1.80. The lowest BCUT2D eigenvalue weighted by Crippen LogP contribution is -2.27. The second kappa shape index (κ2) is 5.86. The summed E-state index contributed by atoms with van der Waals surface area (Å²) in [5.41, 5.74) is 2.18. The molecule has 1 aromatic heterocycles. The van der Waals surface area contributed by atoms with Crippen LogP contribution in [0.1, 0.15) is 5.69 Å². The van der Waals surface area contributed by atoms with Gasteiger partial charge in [0, 0.05) is 17.1 Å². The average molecular weight is 357 g/mol. The Hall–Kier alpha value is -1.51.